The van der Waals surface area contributed by atoms with Gasteiger partial charge in [0, 0.05) is 6.42 Å². The van der Waals surface area contributed by atoms with E-state index in [1.165, 1.54) is 12.1 Å². The normalized spacial score (nSPS) is 17.9. The first-order valence-corrected chi connectivity index (χ1v) is 8.84. The van der Waals surface area contributed by atoms with Crippen molar-refractivity contribution in [2.24, 2.45) is 0 Å². The van der Waals surface area contributed by atoms with E-state index in [4.69, 9.17) is 0 Å². The van der Waals surface area contributed by atoms with Gasteiger partial charge in [0.1, 0.15) is 6.04 Å². The molecule has 0 spiro atoms. The van der Waals surface area contributed by atoms with Crippen molar-refractivity contribution >= 4 is 22.0 Å². The molecule has 3 amide bonds. The Kier molecular flexibility index (Phi) is 4.11. The van der Waals surface area contributed by atoms with Crippen molar-refractivity contribution in [1.29, 1.82) is 0 Å². The summed E-state index contributed by atoms with van der Waals surface area (Å²) >= 11 is 0. The largest absolute Gasteiger partial charge is 0.339 e. The van der Waals surface area contributed by atoms with Crippen molar-refractivity contribution in [2.75, 3.05) is 0 Å². The fraction of sp³-hybridized carbons (Fsp3) is 0.176. The summed E-state index contributed by atoms with van der Waals surface area (Å²) in [6, 6.07) is 13.3. The maximum absolute atomic E-state index is 12.6. The number of carbonyl (C=O) groups excluding carboxylic acids is 2. The van der Waals surface area contributed by atoms with E-state index in [0.29, 0.717) is 4.31 Å². The van der Waals surface area contributed by atoms with Crippen LogP contribution in [0, 0.1) is 6.92 Å². The van der Waals surface area contributed by atoms with E-state index in [2.05, 4.69) is 5.32 Å². The van der Waals surface area contributed by atoms with Crippen LogP contribution in [0.4, 0.5) is 4.79 Å². The Hall–Kier alpha value is -2.67. The van der Waals surface area contributed by atoms with E-state index in [9.17, 15) is 18.0 Å². The predicted molar refractivity (Wildman–Crippen MR) is 87.7 cm³/mol. The number of urea groups is 1. The van der Waals surface area contributed by atoms with Gasteiger partial charge >= 0.3 is 6.03 Å². The summed E-state index contributed by atoms with van der Waals surface area (Å²) in [5.74, 6) is -0.760. The lowest BCUT2D eigenvalue weighted by atomic mass is 10.1. The standard InChI is InChI=1S/C17H16N2O4S/c1-12-7-9-14(10-8-12)24(22,23)19-16(20)15(18-17(19)21)11-13-5-3-2-4-6-13/h2-10,15H,11H2,1H3,(H,18,21)/t15-/m1/s1. The van der Waals surface area contributed by atoms with Crippen molar-refractivity contribution in [3.63, 3.8) is 0 Å². The molecule has 6 nitrogen and oxygen atoms in total. The lowest BCUT2D eigenvalue weighted by Gasteiger charge is -2.14. The van der Waals surface area contributed by atoms with Crippen LogP contribution in [0.15, 0.2) is 59.5 Å². The van der Waals surface area contributed by atoms with Crippen molar-refractivity contribution in [3.05, 3.63) is 65.7 Å². The van der Waals surface area contributed by atoms with Gasteiger partial charge in [-0.2, -0.15) is 0 Å². The number of aryl methyl sites for hydroxylation is 1. The molecule has 1 fully saturated rings. The Balaban J connectivity index is 1.87. The van der Waals surface area contributed by atoms with Crippen LogP contribution in [0.2, 0.25) is 0 Å². The Bertz CT molecular complexity index is 877. The van der Waals surface area contributed by atoms with E-state index in [-0.39, 0.29) is 11.3 Å². The minimum absolute atomic E-state index is 0.0861. The zero-order valence-corrected chi connectivity index (χ0v) is 13.8. The van der Waals surface area contributed by atoms with Crippen molar-refractivity contribution < 1.29 is 18.0 Å². The third-order valence-electron chi connectivity index (χ3n) is 3.82. The zero-order valence-electron chi connectivity index (χ0n) is 13.0. The molecule has 0 saturated carbocycles. The molecule has 2 aromatic carbocycles. The molecule has 124 valence electrons. The fourth-order valence-corrected chi connectivity index (χ4v) is 3.87. The number of amides is 3. The van der Waals surface area contributed by atoms with Crippen LogP contribution >= 0.6 is 0 Å². The minimum atomic E-state index is -4.21. The number of nitrogens with zero attached hydrogens (tertiary/aromatic N) is 1. The maximum atomic E-state index is 12.6. The molecule has 0 radical (unpaired) electrons. The lowest BCUT2D eigenvalue weighted by molar-refractivity contribution is -0.124. The molecule has 3 rings (SSSR count). The van der Waals surface area contributed by atoms with Gasteiger partial charge in [0.05, 0.1) is 4.90 Å². The second kappa shape index (κ2) is 6.09. The Labute approximate surface area is 140 Å². The Morgan fingerprint density at radius 3 is 2.25 bits per heavy atom. The molecule has 1 aliphatic heterocycles. The van der Waals surface area contributed by atoms with Crippen LogP contribution in [0.1, 0.15) is 11.1 Å². The van der Waals surface area contributed by atoms with Crippen molar-refractivity contribution in [1.82, 2.24) is 9.62 Å². The molecule has 2 aromatic rings. The third kappa shape index (κ3) is 2.90. The zero-order chi connectivity index (χ0) is 17.3. The molecule has 0 unspecified atom stereocenters. The quantitative estimate of drug-likeness (QED) is 0.858. The molecule has 1 aliphatic rings. The fourth-order valence-electron chi connectivity index (χ4n) is 2.54. The molecule has 1 N–H and O–H groups in total. The first-order chi connectivity index (χ1) is 11.4. The summed E-state index contributed by atoms with van der Waals surface area (Å²) < 4.78 is 25.5. The summed E-state index contributed by atoms with van der Waals surface area (Å²) in [5, 5.41) is 2.45. The van der Waals surface area contributed by atoms with Gasteiger partial charge in [-0.25, -0.2) is 13.2 Å². The topological polar surface area (TPSA) is 83.6 Å². The summed E-state index contributed by atoms with van der Waals surface area (Å²) in [5.41, 5.74) is 1.72. The average Bonchev–Trinajstić information content (AvgIpc) is 2.83. The monoisotopic (exact) mass is 344 g/mol. The number of carbonyl (C=O) groups is 2. The second-order valence-electron chi connectivity index (χ2n) is 5.61. The van der Waals surface area contributed by atoms with Crippen molar-refractivity contribution in [2.45, 2.75) is 24.3 Å². The van der Waals surface area contributed by atoms with E-state index >= 15 is 0 Å². The molecular formula is C17H16N2O4S. The summed E-state index contributed by atoms with van der Waals surface area (Å²) in [4.78, 5) is 24.5. The molecule has 7 heteroatoms. The van der Waals surface area contributed by atoms with Crippen LogP contribution < -0.4 is 5.32 Å². The first-order valence-electron chi connectivity index (χ1n) is 7.40. The van der Waals surface area contributed by atoms with Gasteiger partial charge < -0.3 is 5.32 Å². The van der Waals surface area contributed by atoms with Gasteiger partial charge in [-0.3, -0.25) is 4.79 Å². The summed E-state index contributed by atoms with van der Waals surface area (Å²) in [7, 11) is -4.21. The minimum Gasteiger partial charge on any atom is -0.325 e. The first kappa shape index (κ1) is 16.2. The van der Waals surface area contributed by atoms with Gasteiger partial charge in [-0.15, -0.1) is 4.31 Å². The number of nitrogens with one attached hydrogen (secondary N) is 1. The molecule has 0 aromatic heterocycles. The lowest BCUT2D eigenvalue weighted by Crippen LogP contribution is -2.37. The van der Waals surface area contributed by atoms with E-state index < -0.39 is 28.0 Å². The van der Waals surface area contributed by atoms with Crippen molar-refractivity contribution in [3.8, 4) is 0 Å². The number of hydrogen-bond acceptors (Lipinski definition) is 4. The number of benzene rings is 2. The smallest absolute Gasteiger partial charge is 0.325 e. The van der Waals surface area contributed by atoms with Crippen LogP contribution in [0.3, 0.4) is 0 Å². The van der Waals surface area contributed by atoms with Crippen LogP contribution in [-0.2, 0) is 21.2 Å². The molecular weight excluding hydrogens is 328 g/mol. The molecule has 1 saturated heterocycles. The summed E-state index contributed by atoms with van der Waals surface area (Å²) in [6.45, 7) is 1.82. The average molecular weight is 344 g/mol. The highest BCUT2D eigenvalue weighted by molar-refractivity contribution is 7.90. The summed E-state index contributed by atoms with van der Waals surface area (Å²) in [6.07, 6.45) is 0.241. The highest BCUT2D eigenvalue weighted by Gasteiger charge is 2.45. The van der Waals surface area contributed by atoms with Crippen LogP contribution in [0.5, 0.6) is 0 Å². The van der Waals surface area contributed by atoms with Gasteiger partial charge in [-0.05, 0) is 24.6 Å². The van der Waals surface area contributed by atoms with Crippen LogP contribution in [0.25, 0.3) is 0 Å². The molecule has 1 atom stereocenters. The number of sulfonamides is 1. The Morgan fingerprint density at radius 1 is 1.00 bits per heavy atom. The maximum Gasteiger partial charge on any atom is 0.339 e. The SMILES string of the molecule is Cc1ccc(S(=O)(=O)N2C(=O)N[C@H](Cc3ccccc3)C2=O)cc1. The molecule has 0 bridgehead atoms. The van der Waals surface area contributed by atoms with E-state index in [1.54, 1.807) is 12.1 Å². The number of rotatable bonds is 4. The number of imide groups is 1. The molecule has 1 heterocycles. The van der Waals surface area contributed by atoms with Gasteiger partial charge in [0.25, 0.3) is 15.9 Å². The third-order valence-corrected chi connectivity index (χ3v) is 5.52. The van der Waals surface area contributed by atoms with E-state index in [0.717, 1.165) is 11.1 Å². The van der Waals surface area contributed by atoms with Gasteiger partial charge in [0.2, 0.25) is 0 Å². The molecule has 0 aliphatic carbocycles. The van der Waals surface area contributed by atoms with E-state index in [1.807, 2.05) is 37.3 Å². The Morgan fingerprint density at radius 2 is 1.62 bits per heavy atom. The van der Waals surface area contributed by atoms with Crippen LogP contribution in [-0.4, -0.2) is 30.7 Å². The highest BCUT2D eigenvalue weighted by Crippen LogP contribution is 2.22. The number of hydrogen-bond donors (Lipinski definition) is 1. The molecule has 24 heavy (non-hydrogen) atoms. The predicted octanol–water partition coefficient (Wildman–Crippen LogP) is 1.85. The van der Waals surface area contributed by atoms with Gasteiger partial charge in [0.15, 0.2) is 0 Å². The second-order valence-corrected chi connectivity index (χ2v) is 7.40. The van der Waals surface area contributed by atoms with Gasteiger partial charge in [-0.1, -0.05) is 48.0 Å². The highest BCUT2D eigenvalue weighted by atomic mass is 32.2.